The number of methoxy groups -OCH3 is 1. The number of hydrogen-bond acceptors (Lipinski definition) is 4. The van der Waals surface area contributed by atoms with Gasteiger partial charge in [0.1, 0.15) is 5.75 Å². The van der Waals surface area contributed by atoms with E-state index in [4.69, 9.17) is 9.26 Å². The Bertz CT molecular complexity index is 675. The Balaban J connectivity index is 1.77. The lowest BCUT2D eigenvalue weighted by atomic mass is 10.2. The van der Waals surface area contributed by atoms with E-state index in [9.17, 15) is 0 Å². The summed E-state index contributed by atoms with van der Waals surface area (Å²) >= 11 is 0. The van der Waals surface area contributed by atoms with E-state index in [-0.39, 0.29) is 0 Å². The molecule has 0 radical (unpaired) electrons. The fourth-order valence-electron chi connectivity index (χ4n) is 1.89. The van der Waals surface area contributed by atoms with Crippen LogP contribution < -0.4 is 10.1 Å². The van der Waals surface area contributed by atoms with Crippen LogP contribution in [0.3, 0.4) is 0 Å². The van der Waals surface area contributed by atoms with E-state index in [1.807, 2.05) is 60.7 Å². The maximum Gasteiger partial charge on any atom is 0.174 e. The molecule has 0 aliphatic heterocycles. The van der Waals surface area contributed by atoms with Gasteiger partial charge in [0.15, 0.2) is 11.6 Å². The van der Waals surface area contributed by atoms with Gasteiger partial charge >= 0.3 is 0 Å². The normalized spacial score (nSPS) is 10.2. The van der Waals surface area contributed by atoms with Crippen molar-refractivity contribution >= 4 is 11.5 Å². The van der Waals surface area contributed by atoms with E-state index in [0.29, 0.717) is 5.82 Å². The molecular weight excluding hydrogens is 252 g/mol. The highest BCUT2D eigenvalue weighted by atomic mass is 16.5. The van der Waals surface area contributed by atoms with Crippen LogP contribution in [0.15, 0.2) is 65.2 Å². The molecule has 1 N–H and O–H groups in total. The average Bonchev–Trinajstić information content (AvgIpc) is 2.97. The van der Waals surface area contributed by atoms with Gasteiger partial charge in [0.25, 0.3) is 0 Å². The van der Waals surface area contributed by atoms with Crippen LogP contribution in [0.2, 0.25) is 0 Å². The first-order chi connectivity index (χ1) is 9.85. The summed E-state index contributed by atoms with van der Waals surface area (Å²) in [7, 11) is 1.65. The predicted octanol–water partition coefficient (Wildman–Crippen LogP) is 4.09. The molecule has 0 bridgehead atoms. The lowest BCUT2D eigenvalue weighted by molar-refractivity contribution is 0.415. The lowest BCUT2D eigenvalue weighted by Gasteiger charge is -2.03. The molecule has 4 heteroatoms. The van der Waals surface area contributed by atoms with Gasteiger partial charge in [-0.2, -0.15) is 0 Å². The van der Waals surface area contributed by atoms with Crippen LogP contribution in [0.25, 0.3) is 11.3 Å². The van der Waals surface area contributed by atoms with Gasteiger partial charge in [-0.15, -0.1) is 0 Å². The molecular formula is C16H14N2O2. The van der Waals surface area contributed by atoms with E-state index >= 15 is 0 Å². The molecule has 0 aliphatic rings. The molecule has 0 saturated carbocycles. The van der Waals surface area contributed by atoms with Gasteiger partial charge in [-0.3, -0.25) is 0 Å². The van der Waals surface area contributed by atoms with E-state index in [0.717, 1.165) is 22.8 Å². The number of aromatic nitrogens is 1. The fraction of sp³-hybridized carbons (Fsp3) is 0.0625. The Labute approximate surface area is 117 Å². The molecule has 100 valence electrons. The molecule has 0 aliphatic carbocycles. The average molecular weight is 266 g/mol. The number of anilines is 2. The van der Waals surface area contributed by atoms with Crippen LogP contribution >= 0.6 is 0 Å². The second-order valence-corrected chi connectivity index (χ2v) is 4.30. The first kappa shape index (κ1) is 12.3. The molecule has 0 amide bonds. The van der Waals surface area contributed by atoms with Gasteiger partial charge in [0.05, 0.1) is 7.11 Å². The summed E-state index contributed by atoms with van der Waals surface area (Å²) in [5.74, 6) is 2.23. The Hall–Kier alpha value is -2.75. The third-order valence-corrected chi connectivity index (χ3v) is 2.93. The highest BCUT2D eigenvalue weighted by Crippen LogP contribution is 2.24. The molecule has 4 nitrogen and oxygen atoms in total. The van der Waals surface area contributed by atoms with E-state index in [1.54, 1.807) is 7.11 Å². The molecule has 0 atom stereocenters. The molecule has 3 aromatic rings. The summed E-state index contributed by atoms with van der Waals surface area (Å²) in [6.07, 6.45) is 0. The van der Waals surface area contributed by atoms with Crippen molar-refractivity contribution in [2.24, 2.45) is 0 Å². The maximum atomic E-state index is 5.33. The largest absolute Gasteiger partial charge is 0.497 e. The molecule has 20 heavy (non-hydrogen) atoms. The molecule has 0 fully saturated rings. The number of rotatable bonds is 4. The van der Waals surface area contributed by atoms with Gasteiger partial charge in [-0.1, -0.05) is 35.5 Å². The van der Waals surface area contributed by atoms with E-state index in [1.165, 1.54) is 0 Å². The van der Waals surface area contributed by atoms with Crippen molar-refractivity contribution in [3.63, 3.8) is 0 Å². The van der Waals surface area contributed by atoms with Crippen LogP contribution in [0.5, 0.6) is 5.75 Å². The Morgan fingerprint density at radius 1 is 1.00 bits per heavy atom. The summed E-state index contributed by atoms with van der Waals surface area (Å²) in [6, 6.07) is 19.4. The first-order valence-electron chi connectivity index (χ1n) is 6.28. The maximum absolute atomic E-state index is 5.33. The molecule has 0 unspecified atom stereocenters. The zero-order chi connectivity index (χ0) is 13.8. The van der Waals surface area contributed by atoms with Crippen LogP contribution in [0.4, 0.5) is 11.5 Å². The summed E-state index contributed by atoms with van der Waals surface area (Å²) in [5, 5.41) is 7.20. The minimum Gasteiger partial charge on any atom is -0.497 e. The van der Waals surface area contributed by atoms with Gasteiger partial charge in [0, 0.05) is 17.3 Å². The van der Waals surface area contributed by atoms with Gasteiger partial charge in [-0.25, -0.2) is 0 Å². The highest BCUT2D eigenvalue weighted by molar-refractivity contribution is 5.64. The summed E-state index contributed by atoms with van der Waals surface area (Å²) in [6.45, 7) is 0. The Morgan fingerprint density at radius 3 is 2.45 bits per heavy atom. The lowest BCUT2D eigenvalue weighted by Crippen LogP contribution is -1.90. The molecule has 0 spiro atoms. The molecule has 1 heterocycles. The number of nitrogens with one attached hydrogen (secondary N) is 1. The number of hydrogen-bond donors (Lipinski definition) is 1. The number of benzene rings is 2. The van der Waals surface area contributed by atoms with Gasteiger partial charge in [-0.05, 0) is 24.3 Å². The summed E-state index contributed by atoms with van der Waals surface area (Å²) in [5.41, 5.74) is 1.93. The van der Waals surface area contributed by atoms with Crippen LogP contribution in [-0.2, 0) is 0 Å². The molecule has 3 rings (SSSR count). The topological polar surface area (TPSA) is 47.3 Å². The van der Waals surface area contributed by atoms with E-state index in [2.05, 4.69) is 10.5 Å². The SMILES string of the molecule is COc1ccc(Nc2cc(-c3ccccc3)on2)cc1. The molecule has 0 saturated heterocycles. The highest BCUT2D eigenvalue weighted by Gasteiger charge is 2.06. The van der Waals surface area contributed by atoms with Crippen molar-refractivity contribution in [3.8, 4) is 17.1 Å². The minimum absolute atomic E-state index is 0.675. The number of ether oxygens (including phenoxy) is 1. The predicted molar refractivity (Wildman–Crippen MR) is 78.2 cm³/mol. The third kappa shape index (κ3) is 2.64. The second-order valence-electron chi connectivity index (χ2n) is 4.30. The molecule has 1 aromatic heterocycles. The van der Waals surface area contributed by atoms with Gasteiger partial charge in [0.2, 0.25) is 0 Å². The van der Waals surface area contributed by atoms with Crippen molar-refractivity contribution < 1.29 is 9.26 Å². The monoisotopic (exact) mass is 266 g/mol. The van der Waals surface area contributed by atoms with Crippen molar-refractivity contribution in [3.05, 3.63) is 60.7 Å². The Morgan fingerprint density at radius 2 is 1.75 bits per heavy atom. The smallest absolute Gasteiger partial charge is 0.174 e. The van der Waals surface area contributed by atoms with Crippen molar-refractivity contribution in [2.45, 2.75) is 0 Å². The van der Waals surface area contributed by atoms with Crippen molar-refractivity contribution in [1.29, 1.82) is 0 Å². The van der Waals surface area contributed by atoms with Crippen molar-refractivity contribution in [1.82, 2.24) is 5.16 Å². The number of nitrogens with zero attached hydrogens (tertiary/aromatic N) is 1. The second kappa shape index (κ2) is 5.48. The van der Waals surface area contributed by atoms with Crippen LogP contribution in [0.1, 0.15) is 0 Å². The van der Waals surface area contributed by atoms with Crippen molar-refractivity contribution in [2.75, 3.05) is 12.4 Å². The standard InChI is InChI=1S/C16H14N2O2/c1-19-14-9-7-13(8-10-14)17-16-11-15(20-18-16)12-5-3-2-4-6-12/h2-11H,1H3,(H,17,18). The zero-order valence-corrected chi connectivity index (χ0v) is 11.0. The summed E-state index contributed by atoms with van der Waals surface area (Å²) < 4.78 is 10.5. The summed E-state index contributed by atoms with van der Waals surface area (Å²) in [4.78, 5) is 0. The van der Waals surface area contributed by atoms with Gasteiger partial charge < -0.3 is 14.6 Å². The van der Waals surface area contributed by atoms with Crippen LogP contribution in [0, 0.1) is 0 Å². The first-order valence-corrected chi connectivity index (χ1v) is 6.28. The molecule has 2 aromatic carbocycles. The fourth-order valence-corrected chi connectivity index (χ4v) is 1.89. The quantitative estimate of drug-likeness (QED) is 0.772. The van der Waals surface area contributed by atoms with Crippen LogP contribution in [-0.4, -0.2) is 12.3 Å². The zero-order valence-electron chi connectivity index (χ0n) is 11.0. The Kier molecular flexibility index (Phi) is 3.37. The third-order valence-electron chi connectivity index (χ3n) is 2.93. The minimum atomic E-state index is 0.675. The van der Waals surface area contributed by atoms with E-state index < -0.39 is 0 Å².